The molecule has 8 heteroatoms. The number of para-hydroxylation sites is 2. The molecule has 1 aromatic heterocycles. The average Bonchev–Trinajstić information content (AvgIpc) is 3.11. The number of amides is 1. The van der Waals surface area contributed by atoms with Gasteiger partial charge in [-0.1, -0.05) is 12.1 Å². The van der Waals surface area contributed by atoms with E-state index in [4.69, 9.17) is 26.1 Å². The molecule has 1 atom stereocenters. The van der Waals surface area contributed by atoms with Crippen LogP contribution in [0.25, 0.3) is 0 Å². The Bertz CT molecular complexity index is 690. The molecule has 23 heavy (non-hydrogen) atoms. The minimum Gasteiger partial charge on any atom is -0.485 e. The zero-order valence-corrected chi connectivity index (χ0v) is 12.9. The molecular formula is C15H15N3O4S. The van der Waals surface area contributed by atoms with E-state index in [0.29, 0.717) is 18.0 Å². The van der Waals surface area contributed by atoms with Gasteiger partial charge in [0.25, 0.3) is 5.91 Å². The molecule has 1 unspecified atom stereocenters. The van der Waals surface area contributed by atoms with Crippen LogP contribution < -0.4 is 25.6 Å². The highest BCUT2D eigenvalue weighted by Crippen LogP contribution is 2.30. The van der Waals surface area contributed by atoms with Crippen LogP contribution in [0.3, 0.4) is 0 Å². The molecule has 120 valence electrons. The van der Waals surface area contributed by atoms with Crippen LogP contribution in [-0.4, -0.2) is 23.7 Å². The number of hydrogen-bond acceptors (Lipinski definition) is 5. The molecule has 3 rings (SSSR count). The molecule has 0 saturated heterocycles. The quantitative estimate of drug-likeness (QED) is 0.573. The van der Waals surface area contributed by atoms with Gasteiger partial charge >= 0.3 is 0 Å². The number of ether oxygens (including phenoxy) is 2. The van der Waals surface area contributed by atoms with Gasteiger partial charge < -0.3 is 19.2 Å². The van der Waals surface area contributed by atoms with E-state index in [2.05, 4.69) is 16.2 Å². The van der Waals surface area contributed by atoms with Crippen molar-refractivity contribution < 1.29 is 18.7 Å². The summed E-state index contributed by atoms with van der Waals surface area (Å²) in [6.45, 7) is 0.558. The lowest BCUT2D eigenvalue weighted by atomic mass is 10.2. The van der Waals surface area contributed by atoms with Gasteiger partial charge in [0.1, 0.15) is 12.4 Å². The van der Waals surface area contributed by atoms with E-state index in [0.717, 1.165) is 5.76 Å². The molecule has 1 aromatic carbocycles. The average molecular weight is 333 g/mol. The number of hydrazine groups is 1. The van der Waals surface area contributed by atoms with Gasteiger partial charge in [-0.3, -0.25) is 15.6 Å². The number of fused-ring (bicyclic) bond motifs is 1. The number of hydrogen-bond donors (Lipinski definition) is 3. The van der Waals surface area contributed by atoms with Crippen molar-refractivity contribution >= 4 is 23.2 Å². The number of thiocarbonyl (C=S) groups is 1. The van der Waals surface area contributed by atoms with Crippen molar-refractivity contribution in [2.24, 2.45) is 0 Å². The number of benzene rings is 1. The van der Waals surface area contributed by atoms with Gasteiger partial charge in [0.2, 0.25) is 6.10 Å². The predicted octanol–water partition coefficient (Wildman–Crippen LogP) is 1.11. The number of rotatable bonds is 3. The summed E-state index contributed by atoms with van der Waals surface area (Å²) >= 11 is 5.06. The first-order valence-corrected chi connectivity index (χ1v) is 7.38. The Labute approximate surface area is 137 Å². The smallest absolute Gasteiger partial charge is 0.283 e. The van der Waals surface area contributed by atoms with Crippen LogP contribution >= 0.6 is 12.2 Å². The predicted molar refractivity (Wildman–Crippen MR) is 85.8 cm³/mol. The molecule has 0 spiro atoms. The highest BCUT2D eigenvalue weighted by atomic mass is 32.1. The zero-order chi connectivity index (χ0) is 16.1. The van der Waals surface area contributed by atoms with E-state index in [-0.39, 0.29) is 17.6 Å². The van der Waals surface area contributed by atoms with E-state index in [1.807, 2.05) is 18.2 Å². The van der Waals surface area contributed by atoms with E-state index in [1.54, 1.807) is 24.5 Å². The Balaban J connectivity index is 1.44. The zero-order valence-electron chi connectivity index (χ0n) is 12.1. The Morgan fingerprint density at radius 1 is 1.17 bits per heavy atom. The van der Waals surface area contributed by atoms with Gasteiger partial charge in [-0.2, -0.15) is 0 Å². The molecule has 3 N–H and O–H groups in total. The molecule has 2 aromatic rings. The summed E-state index contributed by atoms with van der Waals surface area (Å²) in [7, 11) is 0. The molecule has 1 aliphatic rings. The van der Waals surface area contributed by atoms with Crippen LogP contribution in [0.2, 0.25) is 0 Å². The fraction of sp³-hybridized carbons (Fsp3) is 0.200. The molecule has 1 aliphatic heterocycles. The van der Waals surface area contributed by atoms with Crippen LogP contribution in [0.4, 0.5) is 0 Å². The van der Waals surface area contributed by atoms with Gasteiger partial charge in [0.15, 0.2) is 16.6 Å². The number of nitrogens with one attached hydrogen (secondary N) is 3. The number of furan rings is 1. The second-order valence-electron chi connectivity index (χ2n) is 4.74. The van der Waals surface area contributed by atoms with Crippen molar-refractivity contribution in [3.8, 4) is 11.5 Å². The maximum atomic E-state index is 12.1. The van der Waals surface area contributed by atoms with Crippen LogP contribution in [0.15, 0.2) is 47.1 Å². The first kappa shape index (κ1) is 15.2. The molecule has 0 fully saturated rings. The highest BCUT2D eigenvalue weighted by molar-refractivity contribution is 7.80. The fourth-order valence-electron chi connectivity index (χ4n) is 1.97. The van der Waals surface area contributed by atoms with Crippen LogP contribution in [-0.2, 0) is 11.3 Å². The summed E-state index contributed by atoms with van der Waals surface area (Å²) in [5.41, 5.74) is 5.09. The van der Waals surface area contributed by atoms with Gasteiger partial charge in [-0.15, -0.1) is 0 Å². The van der Waals surface area contributed by atoms with Gasteiger partial charge in [0, 0.05) is 0 Å². The number of carbonyl (C=O) groups excluding carboxylic acids is 1. The molecule has 0 saturated carbocycles. The van der Waals surface area contributed by atoms with Crippen molar-refractivity contribution in [1.82, 2.24) is 16.2 Å². The lowest BCUT2D eigenvalue weighted by Crippen LogP contribution is -2.53. The van der Waals surface area contributed by atoms with Crippen molar-refractivity contribution in [3.05, 3.63) is 48.4 Å². The summed E-state index contributed by atoms with van der Waals surface area (Å²) in [6, 6.07) is 10.8. The molecule has 1 amide bonds. The van der Waals surface area contributed by atoms with Gasteiger partial charge in [0.05, 0.1) is 12.8 Å². The van der Waals surface area contributed by atoms with Crippen molar-refractivity contribution in [2.75, 3.05) is 6.61 Å². The third kappa shape index (κ3) is 3.92. The molecule has 7 nitrogen and oxygen atoms in total. The number of carbonyl (C=O) groups is 1. The first-order chi connectivity index (χ1) is 11.2. The van der Waals surface area contributed by atoms with E-state index >= 15 is 0 Å². The Hall–Kier alpha value is -2.74. The fourth-order valence-corrected chi connectivity index (χ4v) is 2.10. The third-order valence-electron chi connectivity index (χ3n) is 3.10. The summed E-state index contributed by atoms with van der Waals surface area (Å²) in [5.74, 6) is 1.53. The molecule has 0 radical (unpaired) electrons. The maximum Gasteiger partial charge on any atom is 0.283 e. The lowest BCUT2D eigenvalue weighted by Gasteiger charge is -2.25. The second-order valence-corrected chi connectivity index (χ2v) is 5.15. The molecule has 2 heterocycles. The molecule has 0 aliphatic carbocycles. The van der Waals surface area contributed by atoms with E-state index < -0.39 is 6.10 Å². The van der Waals surface area contributed by atoms with Crippen LogP contribution in [0.5, 0.6) is 11.5 Å². The standard InChI is InChI=1S/C15H15N3O4S/c19-14(13-9-21-11-5-1-2-6-12(11)22-13)17-18-15(23)16-8-10-4-3-7-20-10/h1-7,13H,8-9H2,(H,17,19)(H2,16,18,23). The van der Waals surface area contributed by atoms with Crippen molar-refractivity contribution in [3.63, 3.8) is 0 Å². The summed E-state index contributed by atoms with van der Waals surface area (Å²) in [4.78, 5) is 12.1. The highest BCUT2D eigenvalue weighted by Gasteiger charge is 2.27. The maximum absolute atomic E-state index is 12.1. The largest absolute Gasteiger partial charge is 0.485 e. The minimum absolute atomic E-state index is 0.136. The third-order valence-corrected chi connectivity index (χ3v) is 3.35. The second kappa shape index (κ2) is 7.01. The monoisotopic (exact) mass is 333 g/mol. The Kier molecular flexibility index (Phi) is 4.62. The van der Waals surface area contributed by atoms with Crippen molar-refractivity contribution in [1.29, 1.82) is 0 Å². The van der Waals surface area contributed by atoms with Crippen LogP contribution in [0, 0.1) is 0 Å². The van der Waals surface area contributed by atoms with Gasteiger partial charge in [-0.25, -0.2) is 0 Å². The summed E-state index contributed by atoms with van der Waals surface area (Å²) in [6.07, 6.45) is 0.832. The van der Waals surface area contributed by atoms with Gasteiger partial charge in [-0.05, 0) is 36.5 Å². The summed E-state index contributed by atoms with van der Waals surface area (Å²) < 4.78 is 16.2. The molecule has 0 bridgehead atoms. The molecular weight excluding hydrogens is 318 g/mol. The van der Waals surface area contributed by atoms with Crippen molar-refractivity contribution in [2.45, 2.75) is 12.6 Å². The Morgan fingerprint density at radius 3 is 2.78 bits per heavy atom. The summed E-state index contributed by atoms with van der Waals surface area (Å²) in [5, 5.41) is 3.17. The lowest BCUT2D eigenvalue weighted by molar-refractivity contribution is -0.130. The Morgan fingerprint density at radius 2 is 2.00 bits per heavy atom. The van der Waals surface area contributed by atoms with E-state index in [9.17, 15) is 4.79 Å². The SMILES string of the molecule is O=C(NNC(=S)NCc1ccco1)C1COc2ccccc2O1. The topological polar surface area (TPSA) is 84.8 Å². The van der Waals surface area contributed by atoms with E-state index in [1.165, 1.54) is 0 Å². The van der Waals surface area contributed by atoms with Crippen LogP contribution in [0.1, 0.15) is 5.76 Å². The first-order valence-electron chi connectivity index (χ1n) is 6.97. The minimum atomic E-state index is -0.745. The normalized spacial score (nSPS) is 15.6.